The Morgan fingerprint density at radius 2 is 0.629 bits per heavy atom. The highest BCUT2D eigenvalue weighted by atomic mass is 16.9. The van der Waals surface area contributed by atoms with Crippen molar-refractivity contribution in [1.29, 1.82) is 0 Å². The minimum atomic E-state index is -0.849. The highest BCUT2D eigenvalue weighted by molar-refractivity contribution is 4.73. The molecule has 0 N–H and O–H groups in total. The molecule has 212 valence electrons. The van der Waals surface area contributed by atoms with Crippen molar-refractivity contribution >= 4 is 0 Å². The van der Waals surface area contributed by atoms with Gasteiger partial charge < -0.3 is 14.2 Å². The Kier molecular flexibility index (Phi) is 26.8. The van der Waals surface area contributed by atoms with Gasteiger partial charge in [-0.15, -0.1) is 0 Å². The molecule has 3 heteroatoms. The van der Waals surface area contributed by atoms with E-state index in [0.717, 1.165) is 12.8 Å². The summed E-state index contributed by atoms with van der Waals surface area (Å²) in [5.74, 6) is -0.524. The summed E-state index contributed by atoms with van der Waals surface area (Å²) in [6.45, 7) is 12.6. The first-order chi connectivity index (χ1) is 17.2. The van der Waals surface area contributed by atoms with Crippen LogP contribution in [0.1, 0.15) is 176 Å². The number of ether oxygens (including phenoxy) is 3. The lowest BCUT2D eigenvalue weighted by Gasteiger charge is -2.39. The smallest absolute Gasteiger partial charge is 0.285 e. The zero-order valence-corrected chi connectivity index (χ0v) is 25.0. The third-order valence-electron chi connectivity index (χ3n) is 7.35. The zero-order chi connectivity index (χ0) is 25.9. The molecular formula is C32H66O3. The Labute approximate surface area is 221 Å². The molecule has 0 aromatic heterocycles. The lowest BCUT2D eigenvalue weighted by molar-refractivity contribution is -0.403. The van der Waals surface area contributed by atoms with Crippen molar-refractivity contribution in [3.05, 3.63) is 0 Å². The van der Waals surface area contributed by atoms with Crippen molar-refractivity contribution in [3.63, 3.8) is 0 Å². The number of hydrogen-bond acceptors (Lipinski definition) is 3. The second-order valence-electron chi connectivity index (χ2n) is 10.5. The van der Waals surface area contributed by atoms with Gasteiger partial charge in [0, 0.05) is 25.7 Å². The summed E-state index contributed by atoms with van der Waals surface area (Å²) < 4.78 is 18.6. The van der Waals surface area contributed by atoms with Crippen LogP contribution in [0.3, 0.4) is 0 Å². The molecule has 0 aromatic carbocycles. The third kappa shape index (κ3) is 19.6. The van der Waals surface area contributed by atoms with Crippen LogP contribution in [0.5, 0.6) is 0 Å². The van der Waals surface area contributed by atoms with Crippen LogP contribution in [-0.4, -0.2) is 25.8 Å². The van der Waals surface area contributed by atoms with E-state index in [0.29, 0.717) is 25.7 Å². The van der Waals surface area contributed by atoms with Crippen LogP contribution in [0, 0.1) is 5.92 Å². The van der Waals surface area contributed by atoms with Crippen molar-refractivity contribution in [1.82, 2.24) is 0 Å². The molecule has 0 saturated carbocycles. The Morgan fingerprint density at radius 1 is 0.371 bits per heavy atom. The average molecular weight is 499 g/mol. The molecule has 0 saturated heterocycles. The molecule has 1 atom stereocenters. The predicted octanol–water partition coefficient (Wildman–Crippen LogP) is 11.0. The second-order valence-corrected chi connectivity index (χ2v) is 10.5. The highest BCUT2D eigenvalue weighted by Crippen LogP contribution is 2.34. The first-order valence-corrected chi connectivity index (χ1v) is 16.1. The van der Waals surface area contributed by atoms with Gasteiger partial charge in [-0.25, -0.2) is 0 Å². The van der Waals surface area contributed by atoms with E-state index in [9.17, 15) is 0 Å². The summed E-state index contributed by atoms with van der Waals surface area (Å²) in [6, 6.07) is 0. The van der Waals surface area contributed by atoms with Crippen LogP contribution in [0.4, 0.5) is 0 Å². The third-order valence-corrected chi connectivity index (χ3v) is 7.35. The van der Waals surface area contributed by atoms with Crippen LogP contribution < -0.4 is 0 Å². The van der Waals surface area contributed by atoms with E-state index < -0.39 is 5.97 Å². The molecule has 3 nitrogen and oxygen atoms in total. The molecule has 35 heavy (non-hydrogen) atoms. The Bertz CT molecular complexity index is 381. The summed E-state index contributed by atoms with van der Waals surface area (Å²) in [6.07, 6.45) is 29.9. The Morgan fingerprint density at radius 3 is 0.886 bits per heavy atom. The van der Waals surface area contributed by atoms with Gasteiger partial charge in [0.2, 0.25) is 0 Å². The largest absolute Gasteiger partial charge is 0.328 e. The summed E-state index contributed by atoms with van der Waals surface area (Å²) in [7, 11) is 0. The summed E-state index contributed by atoms with van der Waals surface area (Å²) >= 11 is 0. The van der Waals surface area contributed by atoms with Crippen LogP contribution in [0.15, 0.2) is 0 Å². The van der Waals surface area contributed by atoms with Gasteiger partial charge in [0.15, 0.2) is 0 Å². The molecule has 0 radical (unpaired) electrons. The molecule has 0 heterocycles. The van der Waals surface area contributed by atoms with Crippen molar-refractivity contribution in [3.8, 4) is 0 Å². The molecular weight excluding hydrogens is 432 g/mol. The van der Waals surface area contributed by atoms with Crippen LogP contribution in [-0.2, 0) is 14.2 Å². The van der Waals surface area contributed by atoms with Gasteiger partial charge in [-0.05, 0) is 33.6 Å². The molecule has 0 aliphatic carbocycles. The van der Waals surface area contributed by atoms with Gasteiger partial charge >= 0.3 is 0 Å². The maximum Gasteiger partial charge on any atom is 0.285 e. The number of unbranched alkanes of at least 4 members (excludes halogenated alkanes) is 18. The lowest BCUT2D eigenvalue weighted by Crippen LogP contribution is -2.46. The number of hydrogen-bond donors (Lipinski definition) is 0. The summed E-state index contributed by atoms with van der Waals surface area (Å²) in [5, 5.41) is 0. The molecule has 1 unspecified atom stereocenters. The predicted molar refractivity (Wildman–Crippen MR) is 154 cm³/mol. The maximum atomic E-state index is 6.19. The fraction of sp³-hybridized carbons (Fsp3) is 1.00. The van der Waals surface area contributed by atoms with E-state index in [1.807, 2.05) is 0 Å². The molecule has 0 fully saturated rings. The minimum Gasteiger partial charge on any atom is -0.328 e. The molecule has 0 spiro atoms. The quantitative estimate of drug-likeness (QED) is 0.0758. The second kappa shape index (κ2) is 26.9. The SMILES string of the molecule is CCCCCCCCCCCCCCCCC(CCCCCCCC)C(OCC)(OCC)OCC. The fourth-order valence-corrected chi connectivity index (χ4v) is 5.34. The van der Waals surface area contributed by atoms with Crippen LogP contribution >= 0.6 is 0 Å². The van der Waals surface area contributed by atoms with E-state index in [1.165, 1.54) is 128 Å². The monoisotopic (exact) mass is 499 g/mol. The standard InChI is InChI=1S/C32H66O3/c1-6-11-13-15-17-18-19-20-21-22-23-24-26-28-30-31(29-27-25-16-14-12-7-2)32(33-8-3,34-9-4)35-10-5/h31H,6-30H2,1-5H3. The van der Waals surface area contributed by atoms with Crippen molar-refractivity contribution in [2.75, 3.05) is 19.8 Å². The van der Waals surface area contributed by atoms with E-state index in [1.54, 1.807) is 0 Å². The number of rotatable bonds is 29. The lowest BCUT2D eigenvalue weighted by atomic mass is 9.91. The minimum absolute atomic E-state index is 0.325. The van der Waals surface area contributed by atoms with Gasteiger partial charge in [-0.2, -0.15) is 0 Å². The molecule has 0 bridgehead atoms. The van der Waals surface area contributed by atoms with E-state index in [4.69, 9.17) is 14.2 Å². The fourth-order valence-electron chi connectivity index (χ4n) is 5.34. The normalized spacial score (nSPS) is 12.9. The summed E-state index contributed by atoms with van der Waals surface area (Å²) in [5.41, 5.74) is 0. The maximum absolute atomic E-state index is 6.19. The van der Waals surface area contributed by atoms with Crippen molar-refractivity contribution in [2.24, 2.45) is 5.92 Å². The van der Waals surface area contributed by atoms with Crippen molar-refractivity contribution in [2.45, 2.75) is 182 Å². The molecule has 0 aliphatic rings. The van der Waals surface area contributed by atoms with E-state index in [2.05, 4.69) is 34.6 Å². The Hall–Kier alpha value is -0.120. The van der Waals surface area contributed by atoms with Crippen LogP contribution in [0.2, 0.25) is 0 Å². The van der Waals surface area contributed by atoms with Gasteiger partial charge in [-0.3, -0.25) is 0 Å². The van der Waals surface area contributed by atoms with Gasteiger partial charge in [0.1, 0.15) is 0 Å². The molecule has 0 aliphatic heterocycles. The molecule has 0 amide bonds. The van der Waals surface area contributed by atoms with Gasteiger partial charge in [0.05, 0.1) is 0 Å². The Balaban J connectivity index is 4.27. The highest BCUT2D eigenvalue weighted by Gasteiger charge is 2.41. The van der Waals surface area contributed by atoms with E-state index >= 15 is 0 Å². The molecule has 0 aromatic rings. The molecule has 0 rings (SSSR count). The topological polar surface area (TPSA) is 27.7 Å². The van der Waals surface area contributed by atoms with E-state index in [-0.39, 0.29) is 0 Å². The first-order valence-electron chi connectivity index (χ1n) is 16.1. The zero-order valence-electron chi connectivity index (χ0n) is 25.0. The summed E-state index contributed by atoms with van der Waals surface area (Å²) in [4.78, 5) is 0. The average Bonchev–Trinajstić information content (AvgIpc) is 2.85. The van der Waals surface area contributed by atoms with Crippen molar-refractivity contribution < 1.29 is 14.2 Å². The van der Waals surface area contributed by atoms with Gasteiger partial charge in [-0.1, -0.05) is 142 Å². The first kappa shape index (κ1) is 34.9. The van der Waals surface area contributed by atoms with Gasteiger partial charge in [0.25, 0.3) is 5.97 Å². The van der Waals surface area contributed by atoms with Crippen LogP contribution in [0.25, 0.3) is 0 Å².